The van der Waals surface area contributed by atoms with Crippen LogP contribution in [0.15, 0.2) is 24.3 Å². The Morgan fingerprint density at radius 3 is 2.62 bits per heavy atom. The number of hydrogen-bond donors (Lipinski definition) is 0. The first-order valence-electron chi connectivity index (χ1n) is 9.87. The highest BCUT2D eigenvalue weighted by molar-refractivity contribution is 7.17. The number of likely N-dealkylation sites (tertiary alicyclic amines) is 1. The van der Waals surface area contributed by atoms with Crippen molar-refractivity contribution in [1.82, 2.24) is 9.88 Å². The Balaban J connectivity index is 1.65. The van der Waals surface area contributed by atoms with Gasteiger partial charge in [-0.15, -0.1) is 11.3 Å². The Morgan fingerprint density at radius 2 is 1.97 bits per heavy atom. The van der Waals surface area contributed by atoms with Crippen LogP contribution in [-0.4, -0.2) is 40.5 Å². The highest BCUT2D eigenvalue weighted by atomic mass is 35.5. The van der Waals surface area contributed by atoms with E-state index < -0.39 is 5.60 Å². The minimum atomic E-state index is -0.516. The maximum atomic E-state index is 13.0. The number of ether oxygens (including phenoxy) is 1. The van der Waals surface area contributed by atoms with Crippen molar-refractivity contribution < 1.29 is 14.3 Å². The lowest BCUT2D eigenvalue weighted by molar-refractivity contribution is 0.0161. The summed E-state index contributed by atoms with van der Waals surface area (Å²) in [6, 6.07) is 7.47. The summed E-state index contributed by atoms with van der Waals surface area (Å²) in [4.78, 5) is 32.3. The Hall–Kier alpha value is -1.92. The number of thiazole rings is 1. The van der Waals surface area contributed by atoms with Gasteiger partial charge < -0.3 is 9.64 Å². The molecule has 1 atom stereocenters. The second-order valence-electron chi connectivity index (χ2n) is 8.50. The largest absolute Gasteiger partial charge is 0.444 e. The fourth-order valence-corrected chi connectivity index (χ4v) is 4.60. The average Bonchev–Trinajstić information content (AvgIpc) is 3.03. The Labute approximate surface area is 181 Å². The summed E-state index contributed by atoms with van der Waals surface area (Å²) in [6.45, 7) is 8.70. The van der Waals surface area contributed by atoms with E-state index in [0.717, 1.165) is 29.1 Å². The van der Waals surface area contributed by atoms with E-state index in [-0.39, 0.29) is 17.8 Å². The molecule has 1 aliphatic heterocycles. The van der Waals surface area contributed by atoms with Crippen LogP contribution >= 0.6 is 22.9 Å². The van der Waals surface area contributed by atoms with Crippen molar-refractivity contribution >= 4 is 34.8 Å². The van der Waals surface area contributed by atoms with Crippen molar-refractivity contribution in [3.63, 3.8) is 0 Å². The number of aryl methyl sites for hydroxylation is 1. The Morgan fingerprint density at radius 1 is 1.28 bits per heavy atom. The monoisotopic (exact) mass is 434 g/mol. The third kappa shape index (κ3) is 5.80. The summed E-state index contributed by atoms with van der Waals surface area (Å²) in [5.41, 5.74) is 1.19. The van der Waals surface area contributed by atoms with Gasteiger partial charge in [0, 0.05) is 30.1 Å². The van der Waals surface area contributed by atoms with E-state index in [4.69, 9.17) is 16.3 Å². The minimum Gasteiger partial charge on any atom is -0.444 e. The number of carbonyl (C=O) groups is 2. The van der Waals surface area contributed by atoms with Gasteiger partial charge in [0.1, 0.15) is 10.6 Å². The molecule has 0 aliphatic carbocycles. The number of aromatic nitrogens is 1. The maximum absolute atomic E-state index is 13.0. The molecule has 1 aromatic carbocycles. The molecule has 1 fully saturated rings. The fraction of sp³-hybridized carbons (Fsp3) is 0.500. The summed E-state index contributed by atoms with van der Waals surface area (Å²) >= 11 is 7.38. The van der Waals surface area contributed by atoms with E-state index >= 15 is 0 Å². The SMILES string of the molecule is Cc1nc(-c2ccc(Cl)cc2)sc1C(=O)CC1CCCN(C(=O)OC(C)(C)C)C1. The van der Waals surface area contributed by atoms with E-state index in [9.17, 15) is 9.59 Å². The second kappa shape index (κ2) is 8.84. The maximum Gasteiger partial charge on any atom is 0.410 e. The molecule has 1 aromatic heterocycles. The number of hydrogen-bond acceptors (Lipinski definition) is 5. The quantitative estimate of drug-likeness (QED) is 0.554. The minimum absolute atomic E-state index is 0.0938. The molecular formula is C22H27ClN2O3S. The molecule has 3 rings (SSSR count). The van der Waals surface area contributed by atoms with Crippen LogP contribution in [0.5, 0.6) is 0 Å². The number of halogens is 1. The molecule has 156 valence electrons. The number of nitrogens with zero attached hydrogens (tertiary/aromatic N) is 2. The van der Waals surface area contributed by atoms with Crippen molar-refractivity contribution in [2.24, 2.45) is 5.92 Å². The number of piperidine rings is 1. The predicted octanol–water partition coefficient (Wildman–Crippen LogP) is 5.99. The van der Waals surface area contributed by atoms with Crippen LogP contribution < -0.4 is 0 Å². The summed E-state index contributed by atoms with van der Waals surface area (Å²) in [6.07, 6.45) is 1.94. The van der Waals surface area contributed by atoms with Crippen LogP contribution in [0.3, 0.4) is 0 Å². The molecule has 0 radical (unpaired) electrons. The van der Waals surface area contributed by atoms with Crippen molar-refractivity contribution in [1.29, 1.82) is 0 Å². The molecule has 1 amide bonds. The highest BCUT2D eigenvalue weighted by Gasteiger charge is 2.29. The molecule has 0 bridgehead atoms. The molecule has 1 aliphatic rings. The first-order chi connectivity index (χ1) is 13.6. The van der Waals surface area contributed by atoms with Gasteiger partial charge in [-0.1, -0.05) is 23.7 Å². The fourth-order valence-electron chi connectivity index (χ4n) is 3.45. The summed E-state index contributed by atoms with van der Waals surface area (Å²) in [5, 5.41) is 1.49. The van der Waals surface area contributed by atoms with Crippen molar-refractivity contribution in [2.75, 3.05) is 13.1 Å². The van der Waals surface area contributed by atoms with Crippen molar-refractivity contribution in [3.05, 3.63) is 39.9 Å². The molecule has 0 spiro atoms. The molecule has 29 heavy (non-hydrogen) atoms. The van der Waals surface area contributed by atoms with Gasteiger partial charge in [-0.3, -0.25) is 4.79 Å². The van der Waals surface area contributed by atoms with Crippen LogP contribution in [0.4, 0.5) is 4.79 Å². The van der Waals surface area contributed by atoms with E-state index in [1.165, 1.54) is 11.3 Å². The lowest BCUT2D eigenvalue weighted by Crippen LogP contribution is -2.43. The Kier molecular flexibility index (Phi) is 6.64. The first kappa shape index (κ1) is 21.8. The average molecular weight is 435 g/mol. The topological polar surface area (TPSA) is 59.5 Å². The number of benzene rings is 1. The number of carbonyl (C=O) groups excluding carboxylic acids is 2. The zero-order valence-corrected chi connectivity index (χ0v) is 18.9. The number of ketones is 1. The van der Waals surface area contributed by atoms with Gasteiger partial charge in [-0.25, -0.2) is 9.78 Å². The second-order valence-corrected chi connectivity index (χ2v) is 9.94. The Bertz CT molecular complexity index is 886. The molecule has 0 N–H and O–H groups in total. The van der Waals surface area contributed by atoms with Crippen LogP contribution in [0.2, 0.25) is 5.02 Å². The molecule has 1 saturated heterocycles. The summed E-state index contributed by atoms with van der Waals surface area (Å²) in [5.74, 6) is 0.237. The van der Waals surface area contributed by atoms with Crippen LogP contribution in [0, 0.1) is 12.8 Å². The lowest BCUT2D eigenvalue weighted by atomic mass is 9.92. The highest BCUT2D eigenvalue weighted by Crippen LogP contribution is 2.31. The van der Waals surface area contributed by atoms with Crippen molar-refractivity contribution in [3.8, 4) is 10.6 Å². The van der Waals surface area contributed by atoms with Crippen molar-refractivity contribution in [2.45, 2.75) is 52.6 Å². The van der Waals surface area contributed by atoms with Gasteiger partial charge >= 0.3 is 6.09 Å². The van der Waals surface area contributed by atoms with Gasteiger partial charge in [0.2, 0.25) is 0 Å². The lowest BCUT2D eigenvalue weighted by Gasteiger charge is -2.33. The van der Waals surface area contributed by atoms with E-state index in [0.29, 0.717) is 29.4 Å². The summed E-state index contributed by atoms with van der Waals surface area (Å²) < 4.78 is 5.48. The zero-order valence-electron chi connectivity index (χ0n) is 17.3. The standard InChI is InChI=1S/C22H27ClN2O3S/c1-14-19(29-20(24-14)16-7-9-17(23)10-8-16)18(26)12-15-6-5-11-25(13-15)21(27)28-22(2,3)4/h7-10,15H,5-6,11-13H2,1-4H3. The molecule has 5 nitrogen and oxygen atoms in total. The van der Waals surface area contributed by atoms with Gasteiger partial charge in [0.25, 0.3) is 0 Å². The predicted molar refractivity (Wildman–Crippen MR) is 117 cm³/mol. The van der Waals surface area contributed by atoms with E-state index in [2.05, 4.69) is 4.98 Å². The van der Waals surface area contributed by atoms with Crippen LogP contribution in [0.1, 0.15) is 55.4 Å². The number of rotatable bonds is 4. The smallest absolute Gasteiger partial charge is 0.410 e. The molecule has 1 unspecified atom stereocenters. The van der Waals surface area contributed by atoms with Crippen LogP contribution in [-0.2, 0) is 4.74 Å². The third-order valence-corrected chi connectivity index (χ3v) is 6.29. The van der Waals surface area contributed by atoms with Gasteiger partial charge in [-0.2, -0.15) is 0 Å². The summed E-state index contributed by atoms with van der Waals surface area (Å²) in [7, 11) is 0. The third-order valence-electron chi connectivity index (χ3n) is 4.79. The molecule has 2 heterocycles. The van der Waals surface area contributed by atoms with Gasteiger partial charge in [-0.05, 0) is 58.6 Å². The molecular weight excluding hydrogens is 408 g/mol. The molecule has 0 saturated carbocycles. The molecule has 2 aromatic rings. The normalized spacial score (nSPS) is 17.3. The van der Waals surface area contributed by atoms with Gasteiger partial charge in [0.15, 0.2) is 5.78 Å². The first-order valence-corrected chi connectivity index (χ1v) is 11.1. The molecule has 7 heteroatoms. The van der Waals surface area contributed by atoms with Crippen LogP contribution in [0.25, 0.3) is 10.6 Å². The van der Waals surface area contributed by atoms with Gasteiger partial charge in [0.05, 0.1) is 10.6 Å². The number of amides is 1. The zero-order chi connectivity index (χ0) is 21.2. The van der Waals surface area contributed by atoms with E-state index in [1.54, 1.807) is 4.90 Å². The number of Topliss-reactive ketones (excluding diaryl/α,β-unsaturated/α-hetero) is 1. The van der Waals surface area contributed by atoms with E-state index in [1.807, 2.05) is 52.0 Å².